The molecular weight excluding hydrogens is 377 g/mol. The molecule has 1 aliphatic rings. The molecule has 0 saturated heterocycles. The molecule has 2 heterocycles. The Bertz CT molecular complexity index is 1050. The van der Waals surface area contributed by atoms with Gasteiger partial charge in [-0.15, -0.1) is 11.3 Å². The van der Waals surface area contributed by atoms with Crippen LogP contribution in [0, 0.1) is 0 Å². The lowest BCUT2D eigenvalue weighted by atomic mass is 10.1. The van der Waals surface area contributed by atoms with Gasteiger partial charge in [-0.3, -0.25) is 9.36 Å². The molecule has 3 aromatic rings. The first-order chi connectivity index (χ1) is 12.8. The van der Waals surface area contributed by atoms with Crippen molar-refractivity contribution in [2.75, 3.05) is 0 Å². The summed E-state index contributed by atoms with van der Waals surface area (Å²) in [6.45, 7) is -0.248. The van der Waals surface area contributed by atoms with Crippen LogP contribution in [-0.2, 0) is 25.6 Å². The zero-order chi connectivity index (χ0) is 19.2. The smallest absolute Gasteiger partial charge is 0.449 e. The highest BCUT2D eigenvalue weighted by atomic mass is 32.1. The Kier molecular flexibility index (Phi) is 4.46. The SMILES string of the molecule is O=c1c2c3c(sc2nc(C(F)(F)F)n1Cc1ccc(O)cc1)CCCCC3. The number of phenolic OH excluding ortho intramolecular Hbond substituents is 1. The van der Waals surface area contributed by atoms with E-state index < -0.39 is 17.6 Å². The van der Waals surface area contributed by atoms with Gasteiger partial charge in [0.15, 0.2) is 0 Å². The van der Waals surface area contributed by atoms with Crippen LogP contribution in [0.1, 0.15) is 41.1 Å². The topological polar surface area (TPSA) is 55.1 Å². The Morgan fingerprint density at radius 2 is 1.81 bits per heavy atom. The molecule has 1 aromatic carbocycles. The average Bonchev–Trinajstić information content (AvgIpc) is 2.80. The minimum absolute atomic E-state index is 0.0128. The zero-order valence-corrected chi connectivity index (χ0v) is 15.2. The van der Waals surface area contributed by atoms with Crippen molar-refractivity contribution in [3.63, 3.8) is 0 Å². The molecule has 0 aliphatic heterocycles. The van der Waals surface area contributed by atoms with Crippen molar-refractivity contribution in [3.05, 3.63) is 56.4 Å². The van der Waals surface area contributed by atoms with Gasteiger partial charge in [0.25, 0.3) is 5.56 Å². The Morgan fingerprint density at radius 3 is 2.52 bits per heavy atom. The van der Waals surface area contributed by atoms with Crippen LogP contribution in [0.4, 0.5) is 13.2 Å². The van der Waals surface area contributed by atoms with Gasteiger partial charge < -0.3 is 5.11 Å². The molecule has 0 saturated carbocycles. The maximum Gasteiger partial charge on any atom is 0.449 e. The summed E-state index contributed by atoms with van der Waals surface area (Å²) in [5, 5.41) is 9.71. The number of hydrogen-bond acceptors (Lipinski definition) is 4. The number of aromatic nitrogens is 2. The predicted molar refractivity (Wildman–Crippen MR) is 97.3 cm³/mol. The fraction of sp³-hybridized carbons (Fsp3) is 0.368. The summed E-state index contributed by atoms with van der Waals surface area (Å²) in [5.41, 5.74) is 0.723. The molecule has 4 rings (SSSR count). The van der Waals surface area contributed by atoms with Gasteiger partial charge in [-0.1, -0.05) is 18.6 Å². The van der Waals surface area contributed by atoms with E-state index >= 15 is 0 Å². The second kappa shape index (κ2) is 6.67. The van der Waals surface area contributed by atoms with Gasteiger partial charge in [0.05, 0.1) is 11.9 Å². The van der Waals surface area contributed by atoms with E-state index in [1.165, 1.54) is 35.6 Å². The molecule has 0 amide bonds. The number of aryl methyl sites for hydroxylation is 2. The van der Waals surface area contributed by atoms with Gasteiger partial charge >= 0.3 is 6.18 Å². The lowest BCUT2D eigenvalue weighted by molar-refractivity contribution is -0.147. The maximum absolute atomic E-state index is 13.6. The number of fused-ring (bicyclic) bond motifs is 3. The molecule has 4 nitrogen and oxygen atoms in total. The van der Waals surface area contributed by atoms with Gasteiger partial charge in [-0.2, -0.15) is 13.2 Å². The van der Waals surface area contributed by atoms with Gasteiger partial charge in [0, 0.05) is 4.88 Å². The lowest BCUT2D eigenvalue weighted by Gasteiger charge is -2.15. The molecule has 0 unspecified atom stereocenters. The first-order valence-corrected chi connectivity index (χ1v) is 9.56. The first-order valence-electron chi connectivity index (χ1n) is 8.75. The van der Waals surface area contributed by atoms with E-state index in [2.05, 4.69) is 4.98 Å². The predicted octanol–water partition coefficient (Wildman–Crippen LogP) is 4.50. The zero-order valence-electron chi connectivity index (χ0n) is 14.3. The number of hydrogen-bond donors (Lipinski definition) is 1. The quantitative estimate of drug-likeness (QED) is 0.651. The molecule has 8 heteroatoms. The largest absolute Gasteiger partial charge is 0.508 e. The molecule has 0 fully saturated rings. The van der Waals surface area contributed by atoms with Crippen molar-refractivity contribution in [2.45, 2.75) is 44.8 Å². The third-order valence-electron chi connectivity index (χ3n) is 4.86. The van der Waals surface area contributed by atoms with Gasteiger partial charge in [0.2, 0.25) is 5.82 Å². The van der Waals surface area contributed by atoms with Crippen LogP contribution in [0.2, 0.25) is 0 Å². The Balaban J connectivity index is 1.94. The highest BCUT2D eigenvalue weighted by Gasteiger charge is 2.38. The maximum atomic E-state index is 13.6. The molecule has 0 spiro atoms. The van der Waals surface area contributed by atoms with E-state index in [1.807, 2.05) is 0 Å². The van der Waals surface area contributed by atoms with Crippen LogP contribution >= 0.6 is 11.3 Å². The van der Waals surface area contributed by atoms with E-state index in [-0.39, 0.29) is 17.1 Å². The minimum atomic E-state index is -4.73. The number of rotatable bonds is 2. The number of nitrogens with zero attached hydrogens (tertiary/aromatic N) is 2. The van der Waals surface area contributed by atoms with Crippen molar-refractivity contribution < 1.29 is 18.3 Å². The third-order valence-corrected chi connectivity index (χ3v) is 6.04. The standard InChI is InChI=1S/C19H17F3N2O2S/c20-19(21,22)18-23-16-15(13-4-2-1-3-5-14(13)27-16)17(26)24(18)10-11-6-8-12(25)9-7-11/h6-9,25H,1-5,10H2. The van der Waals surface area contributed by atoms with Crippen molar-refractivity contribution in [3.8, 4) is 5.75 Å². The van der Waals surface area contributed by atoms with Gasteiger partial charge in [-0.25, -0.2) is 4.98 Å². The van der Waals surface area contributed by atoms with E-state index in [9.17, 15) is 23.1 Å². The molecule has 27 heavy (non-hydrogen) atoms. The molecule has 1 N–H and O–H groups in total. The molecular formula is C19H17F3N2O2S. The summed E-state index contributed by atoms with van der Waals surface area (Å²) in [4.78, 5) is 18.1. The van der Waals surface area contributed by atoms with Crippen LogP contribution in [0.25, 0.3) is 10.2 Å². The van der Waals surface area contributed by atoms with Crippen molar-refractivity contribution in [1.29, 1.82) is 0 Å². The van der Waals surface area contributed by atoms with E-state index in [0.717, 1.165) is 36.1 Å². The van der Waals surface area contributed by atoms with E-state index in [0.29, 0.717) is 21.9 Å². The van der Waals surface area contributed by atoms with E-state index in [4.69, 9.17) is 0 Å². The molecule has 0 radical (unpaired) electrons. The monoisotopic (exact) mass is 394 g/mol. The van der Waals surface area contributed by atoms with Gasteiger partial charge in [0.1, 0.15) is 10.6 Å². The minimum Gasteiger partial charge on any atom is -0.508 e. The Morgan fingerprint density at radius 1 is 1.11 bits per heavy atom. The lowest BCUT2D eigenvalue weighted by Crippen LogP contribution is -2.30. The normalized spacial score (nSPS) is 14.9. The fourth-order valence-corrected chi connectivity index (χ4v) is 4.81. The Labute approximate surface area is 156 Å². The first kappa shape index (κ1) is 18.0. The summed E-state index contributed by atoms with van der Waals surface area (Å²) in [5.74, 6) is -1.16. The van der Waals surface area contributed by atoms with E-state index in [1.54, 1.807) is 0 Å². The second-order valence-electron chi connectivity index (χ2n) is 6.74. The highest BCUT2D eigenvalue weighted by molar-refractivity contribution is 7.18. The molecule has 1 aliphatic carbocycles. The van der Waals surface area contributed by atoms with Crippen molar-refractivity contribution in [2.24, 2.45) is 0 Å². The summed E-state index contributed by atoms with van der Waals surface area (Å²) in [7, 11) is 0. The van der Waals surface area contributed by atoms with Gasteiger partial charge in [-0.05, 0) is 48.9 Å². The second-order valence-corrected chi connectivity index (χ2v) is 7.82. The highest BCUT2D eigenvalue weighted by Crippen LogP contribution is 2.35. The van der Waals surface area contributed by atoms with Crippen LogP contribution in [0.5, 0.6) is 5.75 Å². The van der Waals surface area contributed by atoms with Crippen molar-refractivity contribution in [1.82, 2.24) is 9.55 Å². The summed E-state index contributed by atoms with van der Waals surface area (Å²) in [6.07, 6.45) is -0.277. The molecule has 0 atom stereocenters. The summed E-state index contributed by atoms with van der Waals surface area (Å²) < 4.78 is 41.6. The number of thiophene rings is 1. The molecule has 2 aromatic heterocycles. The molecule has 142 valence electrons. The van der Waals surface area contributed by atoms with Crippen LogP contribution < -0.4 is 5.56 Å². The van der Waals surface area contributed by atoms with Crippen LogP contribution in [-0.4, -0.2) is 14.7 Å². The van der Waals surface area contributed by atoms with Crippen molar-refractivity contribution >= 4 is 21.6 Å². The third kappa shape index (κ3) is 3.34. The van der Waals surface area contributed by atoms with Crippen LogP contribution in [0.15, 0.2) is 29.1 Å². The number of alkyl halides is 3. The number of halogens is 3. The Hall–Kier alpha value is -2.35. The average molecular weight is 394 g/mol. The molecule has 0 bridgehead atoms. The summed E-state index contributed by atoms with van der Waals surface area (Å²) >= 11 is 1.22. The number of aromatic hydroxyl groups is 1. The number of benzene rings is 1. The fourth-order valence-electron chi connectivity index (χ4n) is 3.56. The van der Waals surface area contributed by atoms with Crippen LogP contribution in [0.3, 0.4) is 0 Å². The summed E-state index contributed by atoms with van der Waals surface area (Å²) in [6, 6.07) is 5.77. The number of phenols is 1.